The Labute approximate surface area is 183 Å². The van der Waals surface area contributed by atoms with Gasteiger partial charge >= 0.3 is 5.97 Å². The number of amides is 1. The Morgan fingerprint density at radius 3 is 2.45 bits per heavy atom. The molecule has 3 atom stereocenters. The summed E-state index contributed by atoms with van der Waals surface area (Å²) in [6.07, 6.45) is 7.07. The number of carbonyl (C=O) groups is 2. The maximum Gasteiger partial charge on any atom is 0.335 e. The predicted molar refractivity (Wildman–Crippen MR) is 122 cm³/mol. The van der Waals surface area contributed by atoms with Gasteiger partial charge in [0.1, 0.15) is 11.7 Å². The molecular weight excluding hydrogens is 394 g/mol. The first-order valence-corrected chi connectivity index (χ1v) is 10.2. The van der Waals surface area contributed by atoms with E-state index in [1.54, 1.807) is 24.2 Å². The van der Waals surface area contributed by atoms with Crippen LogP contribution in [0.5, 0.6) is 0 Å². The molecule has 1 aliphatic rings. The summed E-state index contributed by atoms with van der Waals surface area (Å²) in [4.78, 5) is 24.2. The van der Waals surface area contributed by atoms with E-state index >= 15 is 0 Å². The van der Waals surface area contributed by atoms with Crippen LogP contribution in [0.15, 0.2) is 65.0 Å². The molecule has 0 saturated heterocycles. The lowest BCUT2D eigenvalue weighted by atomic mass is 10.0. The third kappa shape index (κ3) is 6.07. The lowest BCUT2D eigenvalue weighted by Gasteiger charge is -2.27. The summed E-state index contributed by atoms with van der Waals surface area (Å²) in [5, 5.41) is 18.1. The van der Waals surface area contributed by atoms with Crippen molar-refractivity contribution in [1.82, 2.24) is 10.3 Å². The summed E-state index contributed by atoms with van der Waals surface area (Å²) in [7, 11) is 1.78. The highest BCUT2D eigenvalue weighted by Crippen LogP contribution is 2.26. The molecule has 2 N–H and O–H groups in total. The maximum absolute atomic E-state index is 13.1. The maximum atomic E-state index is 13.1. The van der Waals surface area contributed by atoms with Gasteiger partial charge in [-0.05, 0) is 64.5 Å². The van der Waals surface area contributed by atoms with E-state index in [1.807, 2.05) is 58.9 Å². The number of allylic oxidation sites excluding steroid dienone is 5. The van der Waals surface area contributed by atoms with Gasteiger partial charge in [0, 0.05) is 7.05 Å². The summed E-state index contributed by atoms with van der Waals surface area (Å²) in [5.41, 5.74) is 2.73. The lowest BCUT2D eigenvalue weighted by molar-refractivity contribution is -0.129. The molecule has 7 heteroatoms. The van der Waals surface area contributed by atoms with E-state index in [4.69, 9.17) is 9.84 Å². The fourth-order valence-electron chi connectivity index (χ4n) is 3.29. The first-order valence-electron chi connectivity index (χ1n) is 10.2. The molecule has 0 fully saturated rings. The number of ether oxygens (including phenoxy) is 1. The Morgan fingerprint density at radius 2 is 1.90 bits per heavy atom. The number of benzene rings is 1. The van der Waals surface area contributed by atoms with Gasteiger partial charge in [0.15, 0.2) is 0 Å². The number of rotatable bonds is 8. The minimum absolute atomic E-state index is 0.201. The fraction of sp³-hybridized carbons (Fsp3) is 0.375. The van der Waals surface area contributed by atoms with Crippen LogP contribution >= 0.6 is 0 Å². The van der Waals surface area contributed by atoms with Gasteiger partial charge in [-0.1, -0.05) is 29.9 Å². The van der Waals surface area contributed by atoms with Crippen LogP contribution < -0.4 is 5.32 Å². The third-order valence-electron chi connectivity index (χ3n) is 5.13. The van der Waals surface area contributed by atoms with Crippen LogP contribution in [0.1, 0.15) is 56.6 Å². The van der Waals surface area contributed by atoms with Crippen molar-refractivity contribution in [2.75, 3.05) is 7.05 Å². The zero-order valence-corrected chi connectivity index (χ0v) is 18.9. The molecule has 0 aliphatic carbocycles. The zero-order chi connectivity index (χ0) is 23.1. The van der Waals surface area contributed by atoms with E-state index in [0.717, 1.165) is 11.1 Å². The number of nitrogens with one attached hydrogen (secondary N) is 1. The van der Waals surface area contributed by atoms with E-state index in [1.165, 1.54) is 12.1 Å². The standard InChI is InChI=1S/C24H31N3O4/c1-7-9-20(14-15(3)8-2)31-23-21(17(5)26-27(23)6)22(28)25-16(4)18-10-12-19(13-11-18)24(29)30/h7-14,16,21,23H,1-6H3,(H,25,28)(H,29,30)/b9-7+,15-8-,20-14+/t16-,21?,23?/m0/s1. The summed E-state index contributed by atoms with van der Waals surface area (Å²) in [5.74, 6) is -1.12. The molecule has 31 heavy (non-hydrogen) atoms. The van der Waals surface area contributed by atoms with Crippen LogP contribution in [-0.4, -0.2) is 41.0 Å². The summed E-state index contributed by atoms with van der Waals surface area (Å²) in [6, 6.07) is 6.17. The topological polar surface area (TPSA) is 91.2 Å². The molecule has 1 aromatic rings. The second-order valence-electron chi connectivity index (χ2n) is 7.54. The second kappa shape index (κ2) is 10.6. The number of aromatic carboxylic acids is 1. The van der Waals surface area contributed by atoms with E-state index in [-0.39, 0.29) is 17.5 Å². The van der Waals surface area contributed by atoms with Crippen molar-refractivity contribution in [3.63, 3.8) is 0 Å². The number of nitrogens with zero attached hydrogens (tertiary/aromatic N) is 2. The van der Waals surface area contributed by atoms with Crippen LogP contribution in [0.3, 0.4) is 0 Å². The number of hydrogen-bond acceptors (Lipinski definition) is 5. The van der Waals surface area contributed by atoms with Crippen molar-refractivity contribution >= 4 is 17.6 Å². The van der Waals surface area contributed by atoms with Gasteiger partial charge in [-0.3, -0.25) is 9.80 Å². The Kier molecular flexibility index (Phi) is 8.19. The first-order chi connectivity index (χ1) is 14.7. The highest BCUT2D eigenvalue weighted by molar-refractivity contribution is 6.04. The molecule has 1 heterocycles. The van der Waals surface area contributed by atoms with Gasteiger partial charge in [-0.15, -0.1) is 0 Å². The van der Waals surface area contributed by atoms with Gasteiger partial charge in [0.25, 0.3) is 0 Å². The highest BCUT2D eigenvalue weighted by Gasteiger charge is 2.41. The summed E-state index contributed by atoms with van der Waals surface area (Å²) in [6.45, 7) is 9.51. The molecule has 166 valence electrons. The van der Waals surface area contributed by atoms with Crippen LogP contribution in [0, 0.1) is 5.92 Å². The van der Waals surface area contributed by atoms with Gasteiger partial charge in [-0.2, -0.15) is 5.10 Å². The average molecular weight is 426 g/mol. The molecule has 0 spiro atoms. The molecule has 0 saturated carbocycles. The van der Waals surface area contributed by atoms with Crippen molar-refractivity contribution in [1.29, 1.82) is 0 Å². The molecule has 0 bridgehead atoms. The number of hydrogen-bond donors (Lipinski definition) is 2. The number of hydrazone groups is 1. The molecule has 0 aromatic heterocycles. The number of carboxylic acids is 1. The van der Waals surface area contributed by atoms with Crippen molar-refractivity contribution in [2.45, 2.75) is 46.9 Å². The van der Waals surface area contributed by atoms with Crippen LogP contribution in [-0.2, 0) is 9.53 Å². The van der Waals surface area contributed by atoms with Crippen molar-refractivity contribution in [3.05, 3.63) is 71.0 Å². The fourth-order valence-corrected chi connectivity index (χ4v) is 3.29. The molecule has 2 unspecified atom stereocenters. The smallest absolute Gasteiger partial charge is 0.335 e. The van der Waals surface area contributed by atoms with Crippen molar-refractivity contribution in [3.8, 4) is 0 Å². The lowest BCUT2D eigenvalue weighted by Crippen LogP contribution is -2.44. The minimum atomic E-state index is -0.984. The Hall–Kier alpha value is -3.35. The van der Waals surface area contributed by atoms with E-state index in [2.05, 4.69) is 10.4 Å². The van der Waals surface area contributed by atoms with E-state index < -0.39 is 18.1 Å². The van der Waals surface area contributed by atoms with Crippen LogP contribution in [0.2, 0.25) is 0 Å². The molecule has 0 radical (unpaired) electrons. The molecule has 1 amide bonds. The van der Waals surface area contributed by atoms with E-state index in [9.17, 15) is 9.59 Å². The first kappa shape index (κ1) is 23.9. The normalized spacial score (nSPS) is 20.6. The Balaban J connectivity index is 2.19. The predicted octanol–water partition coefficient (Wildman–Crippen LogP) is 4.27. The largest absolute Gasteiger partial charge is 0.478 e. The average Bonchev–Trinajstić information content (AvgIpc) is 3.00. The van der Waals surface area contributed by atoms with Gasteiger partial charge < -0.3 is 15.2 Å². The summed E-state index contributed by atoms with van der Waals surface area (Å²) < 4.78 is 6.19. The molecule has 1 aliphatic heterocycles. The number of carboxylic acid groups (broad SMARTS) is 1. The Bertz CT molecular complexity index is 929. The van der Waals surface area contributed by atoms with Crippen LogP contribution in [0.25, 0.3) is 0 Å². The van der Waals surface area contributed by atoms with Gasteiger partial charge in [0.2, 0.25) is 12.1 Å². The summed E-state index contributed by atoms with van der Waals surface area (Å²) >= 11 is 0. The van der Waals surface area contributed by atoms with Crippen molar-refractivity contribution < 1.29 is 19.4 Å². The molecule has 1 aromatic carbocycles. The Morgan fingerprint density at radius 1 is 1.26 bits per heavy atom. The molecule has 2 rings (SSSR count). The van der Waals surface area contributed by atoms with Gasteiger partial charge in [-0.25, -0.2) is 4.79 Å². The van der Waals surface area contributed by atoms with Crippen molar-refractivity contribution in [2.24, 2.45) is 11.0 Å². The monoisotopic (exact) mass is 425 g/mol. The van der Waals surface area contributed by atoms with E-state index in [0.29, 0.717) is 11.5 Å². The number of carbonyl (C=O) groups excluding carboxylic acids is 1. The van der Waals surface area contributed by atoms with Gasteiger partial charge in [0.05, 0.1) is 17.3 Å². The minimum Gasteiger partial charge on any atom is -0.478 e. The molecular formula is C24H31N3O4. The third-order valence-corrected chi connectivity index (χ3v) is 5.13. The quantitative estimate of drug-likeness (QED) is 0.479. The van der Waals surface area contributed by atoms with Crippen LogP contribution in [0.4, 0.5) is 0 Å². The zero-order valence-electron chi connectivity index (χ0n) is 18.9. The highest BCUT2D eigenvalue weighted by atomic mass is 16.5. The molecule has 7 nitrogen and oxygen atoms in total. The SMILES string of the molecule is C\C=C(C)/C=C(\C=C\C)OC1C(C(=O)N[C@@H](C)c2ccc(C(=O)O)cc2)C(C)=NN1C. The second-order valence-corrected chi connectivity index (χ2v) is 7.54.